The van der Waals surface area contributed by atoms with Gasteiger partial charge in [0.15, 0.2) is 0 Å². The fourth-order valence-corrected chi connectivity index (χ4v) is 2.44. The molecule has 0 aromatic heterocycles. The first-order valence-electron chi connectivity index (χ1n) is 4.46. The van der Waals surface area contributed by atoms with Crippen LogP contribution in [0.2, 0.25) is 0 Å². The maximum absolute atomic E-state index is 2.31. The van der Waals surface area contributed by atoms with E-state index in [4.69, 9.17) is 0 Å². The maximum atomic E-state index is 2.31. The number of allylic oxidation sites excluding steroid dienone is 4. The van der Waals surface area contributed by atoms with Crippen molar-refractivity contribution in [3.05, 3.63) is 22.3 Å². The Labute approximate surface area is 69.0 Å². The van der Waals surface area contributed by atoms with Crippen LogP contribution in [0.5, 0.6) is 0 Å². The van der Waals surface area contributed by atoms with Crippen molar-refractivity contribution in [1.29, 1.82) is 0 Å². The topological polar surface area (TPSA) is 0 Å². The molecule has 0 unspecified atom stereocenters. The third kappa shape index (κ3) is 0.654. The largest absolute Gasteiger partial charge is 0.0599 e. The lowest BCUT2D eigenvalue weighted by Gasteiger charge is -2.10. The number of rotatable bonds is 0. The quantitative estimate of drug-likeness (QED) is 0.493. The summed E-state index contributed by atoms with van der Waals surface area (Å²) in [6, 6.07) is 0. The molecule has 2 rings (SSSR count). The highest BCUT2D eigenvalue weighted by molar-refractivity contribution is 5.53. The fraction of sp³-hybridized carbons (Fsp3) is 0.636. The lowest BCUT2D eigenvalue weighted by atomic mass is 9.94. The summed E-state index contributed by atoms with van der Waals surface area (Å²) in [6.45, 7) is 9.15. The van der Waals surface area contributed by atoms with Gasteiger partial charge in [-0.05, 0) is 51.7 Å². The average molecular weight is 148 g/mol. The van der Waals surface area contributed by atoms with Gasteiger partial charge in [-0.25, -0.2) is 0 Å². The fourth-order valence-electron chi connectivity index (χ4n) is 2.44. The standard InChI is InChI=1S/C11H16/c1-7-8(2)10(4)11(5-6-11)9(7)3/h5-6H2,1-4H3. The molecule has 0 N–H and O–H groups in total. The monoisotopic (exact) mass is 148 g/mol. The summed E-state index contributed by atoms with van der Waals surface area (Å²) in [5, 5.41) is 0. The van der Waals surface area contributed by atoms with Crippen molar-refractivity contribution < 1.29 is 0 Å². The van der Waals surface area contributed by atoms with Crippen molar-refractivity contribution in [2.45, 2.75) is 40.5 Å². The molecular weight excluding hydrogens is 132 g/mol. The molecule has 0 aliphatic heterocycles. The third-order valence-corrected chi connectivity index (χ3v) is 3.87. The van der Waals surface area contributed by atoms with Crippen LogP contribution in [0, 0.1) is 5.41 Å². The van der Waals surface area contributed by atoms with Gasteiger partial charge in [0.05, 0.1) is 0 Å². The second kappa shape index (κ2) is 1.80. The minimum absolute atomic E-state index is 0.564. The Hall–Kier alpha value is -0.520. The maximum Gasteiger partial charge on any atom is 0.0127 e. The van der Waals surface area contributed by atoms with Crippen LogP contribution in [0.4, 0.5) is 0 Å². The molecule has 0 aromatic rings. The van der Waals surface area contributed by atoms with Crippen LogP contribution in [0.3, 0.4) is 0 Å². The molecule has 0 saturated heterocycles. The van der Waals surface area contributed by atoms with E-state index in [1.54, 1.807) is 22.3 Å². The van der Waals surface area contributed by atoms with Crippen molar-refractivity contribution in [2.75, 3.05) is 0 Å². The van der Waals surface area contributed by atoms with Crippen LogP contribution in [0.15, 0.2) is 22.3 Å². The molecule has 0 amide bonds. The molecule has 1 saturated carbocycles. The van der Waals surface area contributed by atoms with Crippen molar-refractivity contribution in [1.82, 2.24) is 0 Å². The summed E-state index contributed by atoms with van der Waals surface area (Å²) < 4.78 is 0. The molecule has 60 valence electrons. The van der Waals surface area contributed by atoms with Crippen LogP contribution < -0.4 is 0 Å². The van der Waals surface area contributed by atoms with Gasteiger partial charge in [0.25, 0.3) is 0 Å². The van der Waals surface area contributed by atoms with Crippen molar-refractivity contribution in [3.63, 3.8) is 0 Å². The smallest absolute Gasteiger partial charge is 0.0127 e. The van der Waals surface area contributed by atoms with Gasteiger partial charge in [-0.2, -0.15) is 0 Å². The molecule has 0 heteroatoms. The van der Waals surface area contributed by atoms with E-state index in [-0.39, 0.29) is 0 Å². The molecule has 0 radical (unpaired) electrons. The Balaban J connectivity index is 2.55. The molecule has 2 aliphatic carbocycles. The first kappa shape index (κ1) is 7.15. The number of hydrogen-bond acceptors (Lipinski definition) is 0. The van der Waals surface area contributed by atoms with Gasteiger partial charge < -0.3 is 0 Å². The zero-order valence-corrected chi connectivity index (χ0v) is 7.91. The Morgan fingerprint density at radius 1 is 0.818 bits per heavy atom. The molecular formula is C11H16. The molecule has 0 heterocycles. The molecule has 1 fully saturated rings. The van der Waals surface area contributed by atoms with Gasteiger partial charge >= 0.3 is 0 Å². The van der Waals surface area contributed by atoms with Crippen molar-refractivity contribution >= 4 is 0 Å². The molecule has 0 aromatic carbocycles. The zero-order chi connectivity index (χ0) is 8.22. The van der Waals surface area contributed by atoms with Crippen LogP contribution in [0.1, 0.15) is 40.5 Å². The van der Waals surface area contributed by atoms with Crippen LogP contribution in [0.25, 0.3) is 0 Å². The SMILES string of the molecule is CC1=C(C)C2(CC2)C(C)=C1C. The molecule has 0 atom stereocenters. The first-order valence-corrected chi connectivity index (χ1v) is 4.46. The predicted octanol–water partition coefficient (Wildman–Crippen LogP) is 3.45. The van der Waals surface area contributed by atoms with Gasteiger partial charge in [0.1, 0.15) is 0 Å². The van der Waals surface area contributed by atoms with E-state index in [9.17, 15) is 0 Å². The van der Waals surface area contributed by atoms with E-state index in [0.717, 1.165) is 0 Å². The van der Waals surface area contributed by atoms with Gasteiger partial charge in [-0.15, -0.1) is 0 Å². The summed E-state index contributed by atoms with van der Waals surface area (Å²) in [4.78, 5) is 0. The minimum atomic E-state index is 0.564. The van der Waals surface area contributed by atoms with Crippen LogP contribution in [-0.4, -0.2) is 0 Å². The van der Waals surface area contributed by atoms with E-state index >= 15 is 0 Å². The number of hydrogen-bond donors (Lipinski definition) is 0. The molecule has 2 aliphatic rings. The molecule has 0 nitrogen and oxygen atoms in total. The van der Waals surface area contributed by atoms with Crippen molar-refractivity contribution in [2.24, 2.45) is 5.41 Å². The highest BCUT2D eigenvalue weighted by atomic mass is 14.5. The predicted molar refractivity (Wildman–Crippen MR) is 48.4 cm³/mol. The summed E-state index contributed by atoms with van der Waals surface area (Å²) in [5.41, 5.74) is 6.97. The van der Waals surface area contributed by atoms with Crippen LogP contribution >= 0.6 is 0 Å². The Morgan fingerprint density at radius 2 is 1.18 bits per heavy atom. The van der Waals surface area contributed by atoms with Crippen LogP contribution in [-0.2, 0) is 0 Å². The Morgan fingerprint density at radius 3 is 1.36 bits per heavy atom. The van der Waals surface area contributed by atoms with E-state index < -0.39 is 0 Å². The summed E-state index contributed by atoms with van der Waals surface area (Å²) in [6.07, 6.45) is 2.80. The Kier molecular flexibility index (Phi) is 1.17. The van der Waals surface area contributed by atoms with E-state index in [1.807, 2.05) is 0 Å². The van der Waals surface area contributed by atoms with Gasteiger partial charge in [0.2, 0.25) is 0 Å². The molecule has 11 heavy (non-hydrogen) atoms. The van der Waals surface area contributed by atoms with E-state index in [0.29, 0.717) is 5.41 Å². The second-order valence-electron chi connectivity index (χ2n) is 4.08. The van der Waals surface area contributed by atoms with Gasteiger partial charge in [-0.3, -0.25) is 0 Å². The molecule has 1 spiro atoms. The normalized spacial score (nSPS) is 27.3. The van der Waals surface area contributed by atoms with Gasteiger partial charge in [-0.1, -0.05) is 11.1 Å². The van der Waals surface area contributed by atoms with Gasteiger partial charge in [0, 0.05) is 5.41 Å². The Bertz CT molecular complexity index is 246. The highest BCUT2D eigenvalue weighted by Gasteiger charge is 2.49. The van der Waals surface area contributed by atoms with E-state index in [2.05, 4.69) is 27.7 Å². The first-order chi connectivity index (χ1) is 5.09. The summed E-state index contributed by atoms with van der Waals surface area (Å²) in [5.74, 6) is 0. The average Bonchev–Trinajstić information content (AvgIpc) is 2.76. The molecule has 0 bridgehead atoms. The lowest BCUT2D eigenvalue weighted by Crippen LogP contribution is -1.98. The highest BCUT2D eigenvalue weighted by Crippen LogP contribution is 2.62. The van der Waals surface area contributed by atoms with E-state index in [1.165, 1.54) is 12.8 Å². The summed E-state index contributed by atoms with van der Waals surface area (Å²) >= 11 is 0. The lowest BCUT2D eigenvalue weighted by molar-refractivity contribution is 0.738. The minimum Gasteiger partial charge on any atom is -0.0599 e. The third-order valence-electron chi connectivity index (χ3n) is 3.87. The summed E-state index contributed by atoms with van der Waals surface area (Å²) in [7, 11) is 0. The second-order valence-corrected chi connectivity index (χ2v) is 4.08. The van der Waals surface area contributed by atoms with Crippen molar-refractivity contribution in [3.8, 4) is 0 Å². The zero-order valence-electron chi connectivity index (χ0n) is 7.91.